The Labute approximate surface area is 110 Å². The molecule has 1 heterocycles. The van der Waals surface area contributed by atoms with Gasteiger partial charge in [0.1, 0.15) is 5.69 Å². The summed E-state index contributed by atoms with van der Waals surface area (Å²) < 4.78 is 2.88. The van der Waals surface area contributed by atoms with Gasteiger partial charge in [0.25, 0.3) is 5.91 Å². The molecule has 4 nitrogen and oxygen atoms in total. The average molecular weight is 300 g/mol. The van der Waals surface area contributed by atoms with Gasteiger partial charge < -0.3 is 15.2 Å². The molecule has 0 saturated heterocycles. The molecular weight excluding hydrogens is 282 g/mol. The third-order valence-corrected chi connectivity index (χ3v) is 3.29. The molecular formula is C12H18BrN3O. The van der Waals surface area contributed by atoms with Gasteiger partial charge in [-0.2, -0.15) is 0 Å². The number of hydrogen-bond acceptors (Lipinski definition) is 2. The third kappa shape index (κ3) is 3.57. The Bertz CT molecular complexity index is 398. The monoisotopic (exact) mass is 299 g/mol. The Kier molecular flexibility index (Phi) is 4.23. The second-order valence-corrected chi connectivity index (χ2v) is 5.23. The Hall–Kier alpha value is -0.810. The smallest absolute Gasteiger partial charge is 0.267 e. The molecule has 1 fully saturated rings. The van der Waals surface area contributed by atoms with Gasteiger partial charge in [-0.25, -0.2) is 0 Å². The maximum Gasteiger partial charge on any atom is 0.267 e. The zero-order chi connectivity index (χ0) is 12.3. The molecule has 1 aromatic heterocycles. The highest BCUT2D eigenvalue weighted by Gasteiger charge is 2.19. The Morgan fingerprint density at radius 1 is 1.53 bits per heavy atom. The number of aromatic nitrogens is 1. The molecule has 94 valence electrons. The fourth-order valence-electron chi connectivity index (χ4n) is 1.76. The minimum absolute atomic E-state index is 0.00449. The lowest BCUT2D eigenvalue weighted by atomic mass is 10.4. The summed E-state index contributed by atoms with van der Waals surface area (Å²) in [6.45, 7) is 4.36. The molecule has 0 radical (unpaired) electrons. The molecule has 0 spiro atoms. The molecule has 0 bridgehead atoms. The van der Waals surface area contributed by atoms with Crippen LogP contribution >= 0.6 is 15.9 Å². The molecule has 2 rings (SSSR count). The second-order valence-electron chi connectivity index (χ2n) is 4.31. The van der Waals surface area contributed by atoms with Crippen LogP contribution in [0.3, 0.4) is 0 Å². The van der Waals surface area contributed by atoms with Crippen molar-refractivity contribution >= 4 is 21.8 Å². The van der Waals surface area contributed by atoms with E-state index in [1.54, 1.807) is 0 Å². The van der Waals surface area contributed by atoms with Crippen molar-refractivity contribution in [3.05, 3.63) is 22.4 Å². The highest BCUT2D eigenvalue weighted by Crippen LogP contribution is 2.18. The van der Waals surface area contributed by atoms with E-state index in [9.17, 15) is 4.79 Å². The number of rotatable bonds is 6. The lowest BCUT2D eigenvalue weighted by Crippen LogP contribution is -2.33. The summed E-state index contributed by atoms with van der Waals surface area (Å²) in [4.78, 5) is 11.9. The number of hydrogen-bond donors (Lipinski definition) is 2. The van der Waals surface area contributed by atoms with Gasteiger partial charge >= 0.3 is 0 Å². The van der Waals surface area contributed by atoms with E-state index in [1.807, 2.05) is 23.8 Å². The predicted molar refractivity (Wildman–Crippen MR) is 71.2 cm³/mol. The number of amides is 1. The van der Waals surface area contributed by atoms with Crippen molar-refractivity contribution < 1.29 is 4.79 Å². The largest absolute Gasteiger partial charge is 0.349 e. The summed E-state index contributed by atoms with van der Waals surface area (Å²) >= 11 is 3.39. The summed E-state index contributed by atoms with van der Waals surface area (Å²) in [6.07, 6.45) is 4.48. The van der Waals surface area contributed by atoms with Crippen LogP contribution in [0.15, 0.2) is 16.7 Å². The van der Waals surface area contributed by atoms with E-state index in [0.717, 1.165) is 17.6 Å². The summed E-state index contributed by atoms with van der Waals surface area (Å²) in [5.41, 5.74) is 0.714. The van der Waals surface area contributed by atoms with Gasteiger partial charge in [-0.15, -0.1) is 0 Å². The number of aryl methyl sites for hydroxylation is 1. The molecule has 1 saturated carbocycles. The first-order valence-corrected chi connectivity index (χ1v) is 6.87. The maximum absolute atomic E-state index is 11.9. The first kappa shape index (κ1) is 12.6. The molecule has 1 amide bonds. The van der Waals surface area contributed by atoms with Gasteiger partial charge in [-0.05, 0) is 41.8 Å². The third-order valence-electron chi connectivity index (χ3n) is 2.86. The van der Waals surface area contributed by atoms with Crippen LogP contribution in [0.5, 0.6) is 0 Å². The van der Waals surface area contributed by atoms with Crippen molar-refractivity contribution in [1.82, 2.24) is 15.2 Å². The van der Waals surface area contributed by atoms with E-state index in [2.05, 4.69) is 26.6 Å². The van der Waals surface area contributed by atoms with Gasteiger partial charge in [-0.3, -0.25) is 4.79 Å². The molecule has 2 N–H and O–H groups in total. The number of carbonyl (C=O) groups excluding carboxylic acids is 1. The average Bonchev–Trinajstić information content (AvgIpc) is 3.06. The quantitative estimate of drug-likeness (QED) is 0.786. The zero-order valence-electron chi connectivity index (χ0n) is 10.0. The van der Waals surface area contributed by atoms with Gasteiger partial charge in [0.2, 0.25) is 0 Å². The molecule has 1 aliphatic rings. The van der Waals surface area contributed by atoms with Crippen LogP contribution in [-0.2, 0) is 6.54 Å². The van der Waals surface area contributed by atoms with Crippen molar-refractivity contribution in [2.75, 3.05) is 13.1 Å². The fourth-order valence-corrected chi connectivity index (χ4v) is 2.22. The van der Waals surface area contributed by atoms with E-state index in [1.165, 1.54) is 12.8 Å². The molecule has 0 aromatic carbocycles. The van der Waals surface area contributed by atoms with Gasteiger partial charge in [0, 0.05) is 36.3 Å². The summed E-state index contributed by atoms with van der Waals surface area (Å²) in [6, 6.07) is 2.55. The van der Waals surface area contributed by atoms with Gasteiger partial charge in [0.05, 0.1) is 0 Å². The lowest BCUT2D eigenvalue weighted by molar-refractivity contribution is 0.0944. The standard InChI is InChI=1S/C12H18BrN3O/c1-2-16-8-9(13)7-11(16)12(17)15-6-5-14-10-3-4-10/h7-8,10,14H,2-6H2,1H3,(H,15,17). The molecule has 1 aliphatic carbocycles. The molecule has 0 aliphatic heterocycles. The summed E-state index contributed by atoms with van der Waals surface area (Å²) in [5.74, 6) is -0.00449. The molecule has 5 heteroatoms. The van der Waals surface area contributed by atoms with Crippen LogP contribution in [0.1, 0.15) is 30.3 Å². The summed E-state index contributed by atoms with van der Waals surface area (Å²) in [7, 11) is 0. The van der Waals surface area contributed by atoms with Gasteiger partial charge in [0.15, 0.2) is 0 Å². The Morgan fingerprint density at radius 2 is 2.29 bits per heavy atom. The molecule has 0 atom stereocenters. The van der Waals surface area contributed by atoms with Crippen molar-refractivity contribution in [3.63, 3.8) is 0 Å². The van der Waals surface area contributed by atoms with E-state index < -0.39 is 0 Å². The highest BCUT2D eigenvalue weighted by atomic mass is 79.9. The SMILES string of the molecule is CCn1cc(Br)cc1C(=O)NCCNC1CC1. The van der Waals surface area contributed by atoms with Crippen molar-refractivity contribution in [2.45, 2.75) is 32.4 Å². The first-order chi connectivity index (χ1) is 8.20. The van der Waals surface area contributed by atoms with E-state index in [4.69, 9.17) is 0 Å². The van der Waals surface area contributed by atoms with E-state index in [0.29, 0.717) is 18.3 Å². The maximum atomic E-state index is 11.9. The minimum Gasteiger partial charge on any atom is -0.349 e. The summed E-state index contributed by atoms with van der Waals surface area (Å²) in [5, 5.41) is 6.29. The van der Waals surface area contributed by atoms with Crippen LogP contribution in [-0.4, -0.2) is 29.6 Å². The Balaban J connectivity index is 1.80. The van der Waals surface area contributed by atoms with E-state index in [-0.39, 0.29) is 5.91 Å². The molecule has 17 heavy (non-hydrogen) atoms. The van der Waals surface area contributed by atoms with Gasteiger partial charge in [-0.1, -0.05) is 0 Å². The van der Waals surface area contributed by atoms with Crippen LogP contribution in [0.2, 0.25) is 0 Å². The lowest BCUT2D eigenvalue weighted by Gasteiger charge is -2.08. The van der Waals surface area contributed by atoms with Crippen molar-refractivity contribution in [2.24, 2.45) is 0 Å². The second kappa shape index (κ2) is 5.69. The van der Waals surface area contributed by atoms with E-state index >= 15 is 0 Å². The fraction of sp³-hybridized carbons (Fsp3) is 0.583. The number of carbonyl (C=O) groups is 1. The Morgan fingerprint density at radius 3 is 2.94 bits per heavy atom. The topological polar surface area (TPSA) is 46.1 Å². The highest BCUT2D eigenvalue weighted by molar-refractivity contribution is 9.10. The zero-order valence-corrected chi connectivity index (χ0v) is 11.6. The normalized spacial score (nSPS) is 14.9. The number of halogens is 1. The number of nitrogens with zero attached hydrogens (tertiary/aromatic N) is 1. The molecule has 0 unspecified atom stereocenters. The van der Waals surface area contributed by atoms with Crippen LogP contribution < -0.4 is 10.6 Å². The van der Waals surface area contributed by atoms with Crippen LogP contribution in [0.4, 0.5) is 0 Å². The van der Waals surface area contributed by atoms with Crippen LogP contribution in [0, 0.1) is 0 Å². The first-order valence-electron chi connectivity index (χ1n) is 6.08. The minimum atomic E-state index is -0.00449. The molecule has 1 aromatic rings. The van der Waals surface area contributed by atoms with Crippen LogP contribution in [0.25, 0.3) is 0 Å². The number of nitrogens with one attached hydrogen (secondary N) is 2. The van der Waals surface area contributed by atoms with Crippen molar-refractivity contribution in [1.29, 1.82) is 0 Å². The van der Waals surface area contributed by atoms with Crippen molar-refractivity contribution in [3.8, 4) is 0 Å². The predicted octanol–water partition coefficient (Wildman–Crippen LogP) is 1.75.